The molecule has 2 aromatic rings. The second-order valence-electron chi connectivity index (χ2n) is 17.5. The predicted octanol–water partition coefficient (Wildman–Crippen LogP) is 6.76. The van der Waals surface area contributed by atoms with Crippen LogP contribution in [0.4, 0.5) is 0 Å². The van der Waals surface area contributed by atoms with Crippen LogP contribution in [0.15, 0.2) is 54.7 Å². The summed E-state index contributed by atoms with van der Waals surface area (Å²) in [4.78, 5) is 64.0. The third-order valence-corrected chi connectivity index (χ3v) is 14.7. The lowest BCUT2D eigenvalue weighted by atomic mass is 9.33. The number of carbonyl (C=O) groups is 4. The minimum Gasteiger partial charge on any atom is -0.366 e. The van der Waals surface area contributed by atoms with E-state index in [-0.39, 0.29) is 34.4 Å². The van der Waals surface area contributed by atoms with Crippen molar-refractivity contribution in [3.8, 4) is 17.5 Å². The number of primary amides is 1. The first-order chi connectivity index (χ1) is 22.9. The van der Waals surface area contributed by atoms with Crippen molar-refractivity contribution in [2.75, 3.05) is 0 Å². The largest absolute Gasteiger partial charge is 0.366 e. The van der Waals surface area contributed by atoms with Gasteiger partial charge < -0.3 is 5.73 Å². The van der Waals surface area contributed by atoms with Crippen LogP contribution < -0.4 is 5.73 Å². The number of nitriles is 1. The topological polar surface area (TPSA) is 149 Å². The van der Waals surface area contributed by atoms with E-state index in [1.165, 1.54) is 10.9 Å². The molecule has 7 rings (SSSR count). The van der Waals surface area contributed by atoms with Gasteiger partial charge in [-0.05, 0) is 85.0 Å². The van der Waals surface area contributed by atoms with Crippen LogP contribution in [0.1, 0.15) is 102 Å². The van der Waals surface area contributed by atoms with Crippen molar-refractivity contribution in [3.05, 3.63) is 60.2 Å². The Kier molecular flexibility index (Phi) is 7.08. The molecular formula is C40H47N5O4. The molecule has 3 unspecified atom stereocenters. The Bertz CT molecular complexity index is 1930. The van der Waals surface area contributed by atoms with Gasteiger partial charge in [0.05, 0.1) is 23.0 Å². The van der Waals surface area contributed by atoms with E-state index in [4.69, 9.17) is 5.73 Å². The molecule has 3 fully saturated rings. The first-order valence-corrected chi connectivity index (χ1v) is 17.6. The third-order valence-electron chi connectivity index (χ3n) is 14.7. The van der Waals surface area contributed by atoms with Gasteiger partial charge in [0.2, 0.25) is 5.91 Å². The Hall–Kier alpha value is -4.19. The summed E-state index contributed by atoms with van der Waals surface area (Å²) >= 11 is 0. The number of nitrogens with zero attached hydrogens (tertiary/aromatic N) is 4. The highest BCUT2D eigenvalue weighted by Gasteiger charge is 2.72. The molecule has 2 heterocycles. The highest BCUT2D eigenvalue weighted by atomic mass is 16.2. The normalized spacial score (nSPS) is 38.6. The molecule has 0 saturated heterocycles. The van der Waals surface area contributed by atoms with Crippen molar-refractivity contribution in [3.63, 3.8) is 0 Å². The predicted molar refractivity (Wildman–Crippen MR) is 183 cm³/mol. The Morgan fingerprint density at radius 1 is 1.00 bits per heavy atom. The molecule has 5 aliphatic rings. The standard InChI is InChI=1S/C40H47N5O4/c1-35(2)14-16-40(34(49)45-21-25(44-22-45)32-23(33(42)48)9-8-18-43-32)17-15-39(7)31(30(40)24(35)20-41)26(46)19-28-37(5)12-11-29(47)36(3,4)27(37)10-13-38(28,39)6/h8-9,11-12,18-19,21-22,24,27,30-31H,10,13-17H2,1-7H3,(H2,42,48)/t24?,27?,30?,31-,37+,38-,39-,40+/m1/s1. The Labute approximate surface area is 288 Å². The van der Waals surface area contributed by atoms with E-state index in [2.05, 4.69) is 50.7 Å². The second-order valence-corrected chi connectivity index (χ2v) is 17.5. The van der Waals surface area contributed by atoms with Crippen LogP contribution in [-0.2, 0) is 9.59 Å². The first kappa shape index (κ1) is 33.3. The van der Waals surface area contributed by atoms with Crippen molar-refractivity contribution in [2.45, 2.75) is 87.0 Å². The van der Waals surface area contributed by atoms with Crippen LogP contribution in [-0.4, -0.2) is 37.9 Å². The lowest BCUT2D eigenvalue weighted by Gasteiger charge is -2.69. The number of ketones is 2. The molecule has 9 heteroatoms. The van der Waals surface area contributed by atoms with E-state index >= 15 is 4.79 Å². The van der Waals surface area contributed by atoms with Crippen molar-refractivity contribution in [2.24, 2.45) is 61.9 Å². The molecule has 8 atom stereocenters. The van der Waals surface area contributed by atoms with Crippen LogP contribution in [0.2, 0.25) is 0 Å². The lowest BCUT2D eigenvalue weighted by Crippen LogP contribution is -2.67. The van der Waals surface area contributed by atoms with Crippen LogP contribution in [0.5, 0.6) is 0 Å². The molecule has 2 N–H and O–H groups in total. The second kappa shape index (κ2) is 10.4. The smallest absolute Gasteiger partial charge is 0.250 e. The molecule has 0 aromatic carbocycles. The molecule has 0 aliphatic heterocycles. The van der Waals surface area contributed by atoms with Gasteiger partial charge in [-0.1, -0.05) is 60.1 Å². The number of imidazole rings is 1. The summed E-state index contributed by atoms with van der Waals surface area (Å²) in [6.07, 6.45) is 14.3. The van der Waals surface area contributed by atoms with E-state index in [0.29, 0.717) is 37.1 Å². The summed E-state index contributed by atoms with van der Waals surface area (Å²) in [5.74, 6) is -2.21. The quantitative estimate of drug-likeness (QED) is 0.382. The van der Waals surface area contributed by atoms with Gasteiger partial charge >= 0.3 is 0 Å². The monoisotopic (exact) mass is 661 g/mol. The lowest BCUT2D eigenvalue weighted by molar-refractivity contribution is -0.171. The van der Waals surface area contributed by atoms with E-state index in [9.17, 15) is 19.6 Å². The number of carbonyl (C=O) groups excluding carboxylic acids is 4. The number of amides is 1. The van der Waals surface area contributed by atoms with Gasteiger partial charge in [0, 0.05) is 35.1 Å². The molecule has 0 bridgehead atoms. The minimum atomic E-state index is -0.966. The summed E-state index contributed by atoms with van der Waals surface area (Å²) < 4.78 is 1.48. The highest BCUT2D eigenvalue weighted by molar-refractivity contribution is 6.00. The van der Waals surface area contributed by atoms with E-state index in [1.807, 2.05) is 26.0 Å². The third kappa shape index (κ3) is 4.21. The SMILES string of the molecule is CC1(C)CC[C@]2(C(=O)n3cnc(-c4ncccc4C(N)=O)c3)CC[C@]3(C)[C@H](C(=O)C=C4[C@@]5(C)C=CC(=O)C(C)(C)C5CC[C@]43C)C2C1C#N. The van der Waals surface area contributed by atoms with Gasteiger partial charge in [-0.25, -0.2) is 4.98 Å². The average molecular weight is 662 g/mol. The molecule has 9 nitrogen and oxygen atoms in total. The van der Waals surface area contributed by atoms with Gasteiger partial charge in [0.25, 0.3) is 5.91 Å². The van der Waals surface area contributed by atoms with E-state index in [1.54, 1.807) is 30.6 Å². The fourth-order valence-corrected chi connectivity index (χ4v) is 11.6. The fraction of sp³-hybridized carbons (Fsp3) is 0.575. The molecule has 256 valence electrons. The zero-order chi connectivity index (χ0) is 35.5. The first-order valence-electron chi connectivity index (χ1n) is 17.6. The van der Waals surface area contributed by atoms with E-state index in [0.717, 1.165) is 18.4 Å². The van der Waals surface area contributed by atoms with Crippen LogP contribution in [0, 0.1) is 67.5 Å². The summed E-state index contributed by atoms with van der Waals surface area (Å²) in [5, 5.41) is 10.9. The Balaban J connectivity index is 1.36. The zero-order valence-corrected chi connectivity index (χ0v) is 29.7. The molecule has 5 aliphatic carbocycles. The summed E-state index contributed by atoms with van der Waals surface area (Å²) in [7, 11) is 0. The van der Waals surface area contributed by atoms with Crippen LogP contribution >= 0.6 is 0 Å². The molecule has 1 amide bonds. The molecule has 0 radical (unpaired) electrons. The molecule has 0 spiro atoms. The fourth-order valence-electron chi connectivity index (χ4n) is 11.6. The molecule has 2 aromatic heterocycles. The summed E-state index contributed by atoms with van der Waals surface area (Å²) in [6, 6.07) is 5.84. The van der Waals surface area contributed by atoms with Crippen LogP contribution in [0.3, 0.4) is 0 Å². The zero-order valence-electron chi connectivity index (χ0n) is 29.7. The average Bonchev–Trinajstić information content (AvgIpc) is 3.54. The number of nitrogens with two attached hydrogens (primary N) is 1. The maximum atomic E-state index is 15.0. The van der Waals surface area contributed by atoms with Crippen molar-refractivity contribution in [1.82, 2.24) is 14.5 Å². The van der Waals surface area contributed by atoms with Gasteiger partial charge in [-0.3, -0.25) is 28.7 Å². The molecular weight excluding hydrogens is 614 g/mol. The number of aromatic nitrogens is 3. The van der Waals surface area contributed by atoms with Crippen molar-refractivity contribution in [1.29, 1.82) is 5.26 Å². The Morgan fingerprint density at radius 2 is 1.71 bits per heavy atom. The minimum absolute atomic E-state index is 0.00862. The van der Waals surface area contributed by atoms with Gasteiger partial charge in [0.1, 0.15) is 17.7 Å². The maximum absolute atomic E-state index is 15.0. The van der Waals surface area contributed by atoms with E-state index < -0.39 is 50.7 Å². The molecule has 49 heavy (non-hydrogen) atoms. The number of rotatable bonds is 3. The van der Waals surface area contributed by atoms with Gasteiger partial charge in [-0.2, -0.15) is 5.26 Å². The highest BCUT2D eigenvalue weighted by Crippen LogP contribution is 2.75. The number of allylic oxidation sites excluding steroid dienone is 4. The molecule has 3 saturated carbocycles. The Morgan fingerprint density at radius 3 is 2.41 bits per heavy atom. The number of hydrogen-bond donors (Lipinski definition) is 1. The van der Waals surface area contributed by atoms with Gasteiger partial charge in [-0.15, -0.1) is 0 Å². The number of fused-ring (bicyclic) bond motifs is 7. The summed E-state index contributed by atoms with van der Waals surface area (Å²) in [6.45, 7) is 15.0. The van der Waals surface area contributed by atoms with Crippen molar-refractivity contribution >= 4 is 23.4 Å². The number of hydrogen-bond acceptors (Lipinski definition) is 7. The van der Waals surface area contributed by atoms with Gasteiger partial charge in [0.15, 0.2) is 11.6 Å². The van der Waals surface area contributed by atoms with Crippen molar-refractivity contribution < 1.29 is 19.2 Å². The number of pyridine rings is 1. The maximum Gasteiger partial charge on any atom is 0.250 e. The summed E-state index contributed by atoms with van der Waals surface area (Å²) in [5.41, 5.74) is 4.32. The van der Waals surface area contributed by atoms with Crippen LogP contribution in [0.25, 0.3) is 11.4 Å².